The number of nitrogens with one attached hydrogen (secondary N) is 1. The minimum atomic E-state index is 0.432. The molecule has 2 aromatic carbocycles. The van der Waals surface area contributed by atoms with Gasteiger partial charge in [0.2, 0.25) is 0 Å². The van der Waals surface area contributed by atoms with Gasteiger partial charge in [-0.2, -0.15) is 5.26 Å². The molecule has 90 valence electrons. The Bertz CT molecular complexity index is 605. The third-order valence-corrected chi connectivity index (χ3v) is 2.79. The standard InChI is InChI=1S/C14H11ClN2O/c1-18-11-5-2-4-10(8-11)17-14-7-3-6-13(15)12(14)9-16/h2-8,17H,1H3. The van der Waals surface area contributed by atoms with Gasteiger partial charge < -0.3 is 10.1 Å². The summed E-state index contributed by atoms with van der Waals surface area (Å²) in [5.41, 5.74) is 1.95. The average Bonchev–Trinajstić information content (AvgIpc) is 2.39. The van der Waals surface area contributed by atoms with Crippen LogP contribution in [0.5, 0.6) is 5.75 Å². The third kappa shape index (κ3) is 2.55. The quantitative estimate of drug-likeness (QED) is 0.906. The summed E-state index contributed by atoms with van der Waals surface area (Å²) in [6.45, 7) is 0. The van der Waals surface area contributed by atoms with Crippen molar-refractivity contribution in [2.45, 2.75) is 0 Å². The van der Waals surface area contributed by atoms with Crippen LogP contribution in [0.1, 0.15) is 5.56 Å². The number of nitriles is 1. The van der Waals surface area contributed by atoms with E-state index in [4.69, 9.17) is 21.6 Å². The van der Waals surface area contributed by atoms with Crippen molar-refractivity contribution in [2.24, 2.45) is 0 Å². The summed E-state index contributed by atoms with van der Waals surface area (Å²) in [5, 5.41) is 12.7. The van der Waals surface area contributed by atoms with Crippen LogP contribution in [0.3, 0.4) is 0 Å². The van der Waals surface area contributed by atoms with Crippen LogP contribution in [-0.2, 0) is 0 Å². The van der Waals surface area contributed by atoms with Crippen molar-refractivity contribution in [3.05, 3.63) is 53.1 Å². The number of methoxy groups -OCH3 is 1. The lowest BCUT2D eigenvalue weighted by molar-refractivity contribution is 0.415. The molecule has 0 saturated heterocycles. The first-order chi connectivity index (χ1) is 8.74. The van der Waals surface area contributed by atoms with Gasteiger partial charge in [0.25, 0.3) is 0 Å². The van der Waals surface area contributed by atoms with E-state index in [2.05, 4.69) is 11.4 Å². The van der Waals surface area contributed by atoms with E-state index in [1.54, 1.807) is 19.2 Å². The number of anilines is 2. The van der Waals surface area contributed by atoms with Gasteiger partial charge in [0, 0.05) is 11.8 Å². The molecule has 2 rings (SSSR count). The summed E-state index contributed by atoms with van der Waals surface area (Å²) in [7, 11) is 1.61. The smallest absolute Gasteiger partial charge is 0.120 e. The van der Waals surface area contributed by atoms with Gasteiger partial charge in [-0.1, -0.05) is 23.7 Å². The molecule has 0 spiro atoms. The van der Waals surface area contributed by atoms with Crippen LogP contribution in [0, 0.1) is 11.3 Å². The van der Waals surface area contributed by atoms with Crippen molar-refractivity contribution in [3.8, 4) is 11.8 Å². The lowest BCUT2D eigenvalue weighted by atomic mass is 10.2. The fourth-order valence-electron chi connectivity index (χ4n) is 1.60. The number of benzene rings is 2. The highest BCUT2D eigenvalue weighted by molar-refractivity contribution is 6.32. The Morgan fingerprint density at radius 2 is 2.00 bits per heavy atom. The molecule has 0 radical (unpaired) electrons. The Morgan fingerprint density at radius 1 is 1.22 bits per heavy atom. The Balaban J connectivity index is 2.34. The van der Waals surface area contributed by atoms with Gasteiger partial charge >= 0.3 is 0 Å². The van der Waals surface area contributed by atoms with E-state index in [0.29, 0.717) is 16.3 Å². The van der Waals surface area contributed by atoms with E-state index in [1.807, 2.05) is 30.3 Å². The number of rotatable bonds is 3. The maximum Gasteiger partial charge on any atom is 0.120 e. The lowest BCUT2D eigenvalue weighted by Crippen LogP contribution is -1.94. The first-order valence-electron chi connectivity index (χ1n) is 5.34. The second-order valence-electron chi connectivity index (χ2n) is 3.63. The van der Waals surface area contributed by atoms with E-state index in [9.17, 15) is 0 Å². The summed E-state index contributed by atoms with van der Waals surface area (Å²) >= 11 is 5.97. The van der Waals surface area contributed by atoms with Crippen LogP contribution in [0.25, 0.3) is 0 Å². The van der Waals surface area contributed by atoms with Crippen molar-refractivity contribution in [1.82, 2.24) is 0 Å². The molecular formula is C14H11ClN2O. The minimum absolute atomic E-state index is 0.432. The molecule has 18 heavy (non-hydrogen) atoms. The zero-order valence-electron chi connectivity index (χ0n) is 9.77. The van der Waals surface area contributed by atoms with Gasteiger partial charge in [-0.05, 0) is 24.3 Å². The second-order valence-corrected chi connectivity index (χ2v) is 4.04. The monoisotopic (exact) mass is 258 g/mol. The predicted molar refractivity (Wildman–Crippen MR) is 72.4 cm³/mol. The third-order valence-electron chi connectivity index (χ3n) is 2.47. The van der Waals surface area contributed by atoms with Gasteiger partial charge in [-0.3, -0.25) is 0 Å². The zero-order valence-corrected chi connectivity index (χ0v) is 10.5. The lowest BCUT2D eigenvalue weighted by Gasteiger charge is -2.10. The largest absolute Gasteiger partial charge is 0.497 e. The number of halogens is 1. The van der Waals surface area contributed by atoms with Crippen molar-refractivity contribution in [1.29, 1.82) is 5.26 Å². The summed E-state index contributed by atoms with van der Waals surface area (Å²) < 4.78 is 5.14. The molecule has 4 heteroatoms. The van der Waals surface area contributed by atoms with Crippen LogP contribution < -0.4 is 10.1 Å². The zero-order chi connectivity index (χ0) is 13.0. The molecule has 0 heterocycles. The van der Waals surface area contributed by atoms with E-state index in [0.717, 1.165) is 11.4 Å². The molecule has 0 aliphatic carbocycles. The molecule has 0 unspecified atom stereocenters. The maximum atomic E-state index is 9.08. The second kappa shape index (κ2) is 5.44. The summed E-state index contributed by atoms with van der Waals surface area (Å²) in [5.74, 6) is 0.750. The van der Waals surface area contributed by atoms with Crippen molar-refractivity contribution in [2.75, 3.05) is 12.4 Å². The summed E-state index contributed by atoms with van der Waals surface area (Å²) in [6, 6.07) is 14.9. The summed E-state index contributed by atoms with van der Waals surface area (Å²) in [6.07, 6.45) is 0. The molecule has 3 nitrogen and oxygen atoms in total. The normalized spacial score (nSPS) is 9.61. The van der Waals surface area contributed by atoms with Gasteiger partial charge in [0.1, 0.15) is 11.8 Å². The first kappa shape index (κ1) is 12.3. The highest BCUT2D eigenvalue weighted by Gasteiger charge is 2.06. The van der Waals surface area contributed by atoms with Gasteiger partial charge in [-0.15, -0.1) is 0 Å². The Morgan fingerprint density at radius 3 is 2.72 bits per heavy atom. The van der Waals surface area contributed by atoms with Crippen LogP contribution in [-0.4, -0.2) is 7.11 Å². The fraction of sp³-hybridized carbons (Fsp3) is 0.0714. The molecule has 2 aromatic rings. The topological polar surface area (TPSA) is 45.0 Å². The van der Waals surface area contributed by atoms with E-state index in [-0.39, 0.29) is 0 Å². The van der Waals surface area contributed by atoms with E-state index < -0.39 is 0 Å². The fourth-order valence-corrected chi connectivity index (χ4v) is 1.82. The number of nitrogens with zero attached hydrogens (tertiary/aromatic N) is 1. The highest BCUT2D eigenvalue weighted by atomic mass is 35.5. The maximum absolute atomic E-state index is 9.08. The Labute approximate surface area is 111 Å². The molecule has 0 saturated carbocycles. The molecule has 0 aliphatic rings. The SMILES string of the molecule is COc1cccc(Nc2cccc(Cl)c2C#N)c1. The molecular weight excluding hydrogens is 248 g/mol. The van der Waals surface area contributed by atoms with Crippen LogP contribution in [0.2, 0.25) is 5.02 Å². The molecule has 0 amide bonds. The van der Waals surface area contributed by atoms with Crippen LogP contribution in [0.15, 0.2) is 42.5 Å². The Kier molecular flexibility index (Phi) is 3.71. The van der Waals surface area contributed by atoms with Gasteiger partial charge in [-0.25, -0.2) is 0 Å². The molecule has 0 fully saturated rings. The molecule has 0 aromatic heterocycles. The van der Waals surface area contributed by atoms with E-state index >= 15 is 0 Å². The summed E-state index contributed by atoms with van der Waals surface area (Å²) in [4.78, 5) is 0. The van der Waals surface area contributed by atoms with Crippen LogP contribution in [0.4, 0.5) is 11.4 Å². The Hall–Kier alpha value is -2.18. The van der Waals surface area contributed by atoms with Gasteiger partial charge in [0.05, 0.1) is 23.4 Å². The van der Waals surface area contributed by atoms with E-state index in [1.165, 1.54) is 0 Å². The average molecular weight is 259 g/mol. The van der Waals surface area contributed by atoms with Gasteiger partial charge in [0.15, 0.2) is 0 Å². The number of hydrogen-bond donors (Lipinski definition) is 1. The molecule has 0 bridgehead atoms. The first-order valence-corrected chi connectivity index (χ1v) is 5.72. The predicted octanol–water partition coefficient (Wildman–Crippen LogP) is 3.96. The number of ether oxygens (including phenoxy) is 1. The minimum Gasteiger partial charge on any atom is -0.497 e. The van der Waals surface area contributed by atoms with Crippen molar-refractivity contribution >= 4 is 23.0 Å². The molecule has 0 aliphatic heterocycles. The van der Waals surface area contributed by atoms with Crippen molar-refractivity contribution < 1.29 is 4.74 Å². The van der Waals surface area contributed by atoms with Crippen LogP contribution >= 0.6 is 11.6 Å². The molecule has 0 atom stereocenters. The molecule has 1 N–H and O–H groups in total. The number of hydrogen-bond acceptors (Lipinski definition) is 3. The highest BCUT2D eigenvalue weighted by Crippen LogP contribution is 2.27. The van der Waals surface area contributed by atoms with Crippen molar-refractivity contribution in [3.63, 3.8) is 0 Å².